The van der Waals surface area contributed by atoms with Crippen LogP contribution in [0.4, 0.5) is 0 Å². The van der Waals surface area contributed by atoms with Gasteiger partial charge in [0.25, 0.3) is 5.89 Å². The summed E-state index contributed by atoms with van der Waals surface area (Å²) in [4.78, 5) is 4.54. The Morgan fingerprint density at radius 2 is 2.00 bits per heavy atom. The SMILES string of the molecule is CCc1occc1-c1nc(C2(N)CCCCCC2)no1. The molecular weight excluding hydrogens is 254 g/mol. The molecule has 0 amide bonds. The van der Waals surface area contributed by atoms with Crippen LogP contribution in [-0.4, -0.2) is 10.1 Å². The quantitative estimate of drug-likeness (QED) is 0.868. The summed E-state index contributed by atoms with van der Waals surface area (Å²) in [6, 6.07) is 1.87. The molecule has 0 atom stereocenters. The van der Waals surface area contributed by atoms with Crippen molar-refractivity contribution in [3.8, 4) is 11.5 Å². The maximum absolute atomic E-state index is 6.51. The molecule has 3 rings (SSSR count). The smallest absolute Gasteiger partial charge is 0.261 e. The number of aryl methyl sites for hydroxylation is 1. The summed E-state index contributed by atoms with van der Waals surface area (Å²) in [6.07, 6.45) is 9.06. The van der Waals surface area contributed by atoms with Gasteiger partial charge < -0.3 is 14.7 Å². The zero-order valence-corrected chi connectivity index (χ0v) is 11.9. The molecule has 2 N–H and O–H groups in total. The monoisotopic (exact) mass is 275 g/mol. The first kappa shape index (κ1) is 13.4. The number of rotatable bonds is 3. The van der Waals surface area contributed by atoms with Crippen molar-refractivity contribution in [1.82, 2.24) is 10.1 Å². The lowest BCUT2D eigenvalue weighted by Gasteiger charge is -2.23. The van der Waals surface area contributed by atoms with Crippen LogP contribution in [0.2, 0.25) is 0 Å². The first-order valence-electron chi connectivity index (χ1n) is 7.43. The van der Waals surface area contributed by atoms with Gasteiger partial charge in [-0.1, -0.05) is 37.8 Å². The summed E-state index contributed by atoms with van der Waals surface area (Å²) < 4.78 is 10.8. The maximum atomic E-state index is 6.51. The summed E-state index contributed by atoms with van der Waals surface area (Å²) in [5.41, 5.74) is 6.95. The molecule has 1 saturated carbocycles. The molecule has 0 unspecified atom stereocenters. The number of hydrogen-bond acceptors (Lipinski definition) is 5. The van der Waals surface area contributed by atoms with E-state index in [0.717, 1.165) is 43.4 Å². The van der Waals surface area contributed by atoms with E-state index in [0.29, 0.717) is 11.7 Å². The van der Waals surface area contributed by atoms with Gasteiger partial charge in [0, 0.05) is 6.42 Å². The van der Waals surface area contributed by atoms with Gasteiger partial charge in [0.2, 0.25) is 0 Å². The minimum atomic E-state index is -0.436. The molecule has 1 aliphatic rings. The van der Waals surface area contributed by atoms with Gasteiger partial charge in [-0.3, -0.25) is 0 Å². The molecule has 0 aromatic carbocycles. The highest BCUT2D eigenvalue weighted by Crippen LogP contribution is 2.33. The lowest BCUT2D eigenvalue weighted by molar-refractivity contribution is 0.334. The molecule has 0 spiro atoms. The molecular formula is C15H21N3O2. The molecule has 2 aromatic rings. The number of furan rings is 1. The maximum Gasteiger partial charge on any atom is 0.261 e. The van der Waals surface area contributed by atoms with Crippen molar-refractivity contribution in [3.63, 3.8) is 0 Å². The van der Waals surface area contributed by atoms with E-state index < -0.39 is 5.54 Å². The normalized spacial score (nSPS) is 18.9. The van der Waals surface area contributed by atoms with Gasteiger partial charge in [-0.2, -0.15) is 4.98 Å². The molecule has 1 aliphatic carbocycles. The number of hydrogen-bond donors (Lipinski definition) is 1. The summed E-state index contributed by atoms with van der Waals surface area (Å²) in [5, 5.41) is 4.13. The second kappa shape index (κ2) is 5.40. The summed E-state index contributed by atoms with van der Waals surface area (Å²) >= 11 is 0. The van der Waals surface area contributed by atoms with E-state index in [-0.39, 0.29) is 0 Å². The van der Waals surface area contributed by atoms with Crippen LogP contribution in [0, 0.1) is 0 Å². The number of aromatic nitrogens is 2. The van der Waals surface area contributed by atoms with E-state index in [1.165, 1.54) is 12.8 Å². The molecule has 5 heteroatoms. The van der Waals surface area contributed by atoms with Crippen LogP contribution in [0.1, 0.15) is 57.0 Å². The summed E-state index contributed by atoms with van der Waals surface area (Å²) in [7, 11) is 0. The predicted molar refractivity (Wildman–Crippen MR) is 74.9 cm³/mol. The molecule has 5 nitrogen and oxygen atoms in total. The Kier molecular flexibility index (Phi) is 3.61. The Morgan fingerprint density at radius 3 is 2.70 bits per heavy atom. The molecule has 108 valence electrons. The Morgan fingerprint density at radius 1 is 1.25 bits per heavy atom. The van der Waals surface area contributed by atoms with Gasteiger partial charge in [0.1, 0.15) is 5.76 Å². The topological polar surface area (TPSA) is 78.1 Å². The highest BCUT2D eigenvalue weighted by Gasteiger charge is 2.33. The molecule has 1 fully saturated rings. The van der Waals surface area contributed by atoms with E-state index in [4.69, 9.17) is 14.7 Å². The Labute approximate surface area is 118 Å². The molecule has 2 heterocycles. The standard InChI is InChI=1S/C15H21N3O2/c1-2-12-11(7-10-19-12)13-17-14(18-20-13)15(16)8-5-3-4-6-9-15/h7,10H,2-6,8-9,16H2,1H3. The van der Waals surface area contributed by atoms with Crippen molar-refractivity contribution in [1.29, 1.82) is 0 Å². The molecule has 0 radical (unpaired) electrons. The van der Waals surface area contributed by atoms with Gasteiger partial charge in [-0.15, -0.1) is 0 Å². The summed E-state index contributed by atoms with van der Waals surface area (Å²) in [6.45, 7) is 2.04. The minimum absolute atomic E-state index is 0.436. The van der Waals surface area contributed by atoms with Gasteiger partial charge in [-0.25, -0.2) is 0 Å². The van der Waals surface area contributed by atoms with E-state index in [2.05, 4.69) is 10.1 Å². The van der Waals surface area contributed by atoms with Crippen LogP contribution in [-0.2, 0) is 12.0 Å². The fourth-order valence-corrected chi connectivity index (χ4v) is 2.92. The van der Waals surface area contributed by atoms with Crippen LogP contribution in [0.5, 0.6) is 0 Å². The lowest BCUT2D eigenvalue weighted by Crippen LogP contribution is -2.37. The van der Waals surface area contributed by atoms with E-state index >= 15 is 0 Å². The van der Waals surface area contributed by atoms with E-state index in [1.807, 2.05) is 13.0 Å². The zero-order chi connectivity index (χ0) is 14.0. The number of nitrogens with zero attached hydrogens (tertiary/aromatic N) is 2. The second-order valence-electron chi connectivity index (χ2n) is 5.60. The van der Waals surface area contributed by atoms with Gasteiger partial charge in [0.05, 0.1) is 17.4 Å². The van der Waals surface area contributed by atoms with Crippen molar-refractivity contribution < 1.29 is 8.94 Å². The Bertz CT molecular complexity index is 565. The molecule has 0 aliphatic heterocycles. The average Bonchev–Trinajstić information content (AvgIpc) is 3.06. The van der Waals surface area contributed by atoms with Crippen molar-refractivity contribution in [2.24, 2.45) is 5.73 Å². The third-order valence-electron chi connectivity index (χ3n) is 4.16. The fourth-order valence-electron chi connectivity index (χ4n) is 2.92. The average molecular weight is 275 g/mol. The Balaban J connectivity index is 1.89. The fraction of sp³-hybridized carbons (Fsp3) is 0.600. The molecule has 2 aromatic heterocycles. The van der Waals surface area contributed by atoms with E-state index in [1.54, 1.807) is 6.26 Å². The number of nitrogens with two attached hydrogens (primary N) is 1. The molecule has 20 heavy (non-hydrogen) atoms. The van der Waals surface area contributed by atoms with E-state index in [9.17, 15) is 0 Å². The first-order valence-corrected chi connectivity index (χ1v) is 7.43. The summed E-state index contributed by atoms with van der Waals surface area (Å²) in [5.74, 6) is 2.02. The van der Waals surface area contributed by atoms with Crippen LogP contribution in [0.25, 0.3) is 11.5 Å². The van der Waals surface area contributed by atoms with Crippen LogP contribution in [0.3, 0.4) is 0 Å². The van der Waals surface area contributed by atoms with Crippen molar-refractivity contribution in [3.05, 3.63) is 23.9 Å². The van der Waals surface area contributed by atoms with Crippen LogP contribution < -0.4 is 5.73 Å². The molecule has 0 saturated heterocycles. The minimum Gasteiger partial charge on any atom is -0.469 e. The van der Waals surface area contributed by atoms with Gasteiger partial charge in [-0.05, 0) is 18.9 Å². The third-order valence-corrected chi connectivity index (χ3v) is 4.16. The van der Waals surface area contributed by atoms with Gasteiger partial charge in [0.15, 0.2) is 5.82 Å². The van der Waals surface area contributed by atoms with Crippen LogP contribution >= 0.6 is 0 Å². The molecule has 0 bridgehead atoms. The lowest BCUT2D eigenvalue weighted by atomic mass is 9.91. The van der Waals surface area contributed by atoms with Crippen molar-refractivity contribution >= 4 is 0 Å². The predicted octanol–water partition coefficient (Wildman–Crippen LogP) is 3.40. The van der Waals surface area contributed by atoms with Crippen molar-refractivity contribution in [2.75, 3.05) is 0 Å². The second-order valence-corrected chi connectivity index (χ2v) is 5.60. The third kappa shape index (κ3) is 2.38. The largest absolute Gasteiger partial charge is 0.469 e. The first-order chi connectivity index (χ1) is 9.73. The van der Waals surface area contributed by atoms with Crippen LogP contribution in [0.15, 0.2) is 21.3 Å². The highest BCUT2D eigenvalue weighted by molar-refractivity contribution is 5.55. The van der Waals surface area contributed by atoms with Gasteiger partial charge >= 0.3 is 0 Å². The highest BCUT2D eigenvalue weighted by atomic mass is 16.5. The zero-order valence-electron chi connectivity index (χ0n) is 11.9. The Hall–Kier alpha value is -1.62. The van der Waals surface area contributed by atoms with Crippen molar-refractivity contribution in [2.45, 2.75) is 57.4 Å².